The molecule has 1 aliphatic heterocycles. The van der Waals surface area contributed by atoms with Gasteiger partial charge in [-0.1, -0.05) is 18.2 Å². The number of benzene rings is 1. The maximum Gasteiger partial charge on any atom is 0.232 e. The molecule has 2 N–H and O–H groups in total. The zero-order valence-corrected chi connectivity index (χ0v) is 13.2. The second kappa shape index (κ2) is 6.85. The van der Waals surface area contributed by atoms with Gasteiger partial charge in [0.15, 0.2) is 0 Å². The van der Waals surface area contributed by atoms with Gasteiger partial charge >= 0.3 is 0 Å². The molecule has 0 spiro atoms. The van der Waals surface area contributed by atoms with E-state index in [9.17, 15) is 4.79 Å². The Morgan fingerprint density at radius 2 is 2.27 bits per heavy atom. The van der Waals surface area contributed by atoms with Crippen molar-refractivity contribution in [2.24, 2.45) is 0 Å². The van der Waals surface area contributed by atoms with E-state index in [-0.39, 0.29) is 11.8 Å². The smallest absolute Gasteiger partial charge is 0.232 e. The van der Waals surface area contributed by atoms with Gasteiger partial charge in [0.1, 0.15) is 5.82 Å². The molecule has 1 atom stereocenters. The molecule has 2 aromatic rings. The monoisotopic (exact) mass is 318 g/mol. The molecule has 0 aliphatic carbocycles. The number of para-hydroxylation sites is 1. The summed E-state index contributed by atoms with van der Waals surface area (Å²) in [7, 11) is 1.66. The molecule has 0 bridgehead atoms. The van der Waals surface area contributed by atoms with Gasteiger partial charge in [0, 0.05) is 37.3 Å². The third-order valence-electron chi connectivity index (χ3n) is 3.62. The van der Waals surface area contributed by atoms with Gasteiger partial charge in [-0.05, 0) is 18.1 Å². The lowest BCUT2D eigenvalue weighted by molar-refractivity contribution is -0.117. The fraction of sp³-hybridized carbons (Fsp3) is 0.400. The molecule has 7 heteroatoms. The number of aromatic nitrogens is 2. The van der Waals surface area contributed by atoms with Crippen molar-refractivity contribution in [1.29, 1.82) is 0 Å². The van der Waals surface area contributed by atoms with Gasteiger partial charge in [-0.25, -0.2) is 4.98 Å². The first-order chi connectivity index (χ1) is 10.8. The standard InChI is InChI=1S/C15H18N4O2S/c1-21-9-7-13-18-15(22-19-13)16-8-6-11-10-4-2-3-5-12(10)17-14(11)20/h2-5,11H,6-9H2,1H3,(H,17,20)(H,16,18,19). The van der Waals surface area contributed by atoms with Crippen LogP contribution in [0.2, 0.25) is 0 Å². The van der Waals surface area contributed by atoms with Gasteiger partial charge < -0.3 is 15.4 Å². The average molecular weight is 318 g/mol. The van der Waals surface area contributed by atoms with E-state index in [0.29, 0.717) is 19.6 Å². The number of ether oxygens (including phenoxy) is 1. The highest BCUT2D eigenvalue weighted by Crippen LogP contribution is 2.34. The number of hydrogen-bond acceptors (Lipinski definition) is 6. The number of nitrogens with one attached hydrogen (secondary N) is 2. The van der Waals surface area contributed by atoms with Crippen LogP contribution in [0.15, 0.2) is 24.3 Å². The maximum atomic E-state index is 12.0. The fourth-order valence-electron chi connectivity index (χ4n) is 2.51. The van der Waals surface area contributed by atoms with Crippen molar-refractivity contribution in [3.05, 3.63) is 35.7 Å². The molecule has 1 unspecified atom stereocenters. The number of rotatable bonds is 7. The van der Waals surface area contributed by atoms with Crippen molar-refractivity contribution < 1.29 is 9.53 Å². The minimum atomic E-state index is -0.0930. The first kappa shape index (κ1) is 14.9. The zero-order chi connectivity index (χ0) is 15.4. The van der Waals surface area contributed by atoms with Gasteiger partial charge in [-0.15, -0.1) is 0 Å². The normalized spacial score (nSPS) is 16.4. The Morgan fingerprint density at radius 1 is 1.41 bits per heavy atom. The van der Waals surface area contributed by atoms with Crippen molar-refractivity contribution >= 4 is 28.3 Å². The molecule has 1 amide bonds. The molecule has 22 heavy (non-hydrogen) atoms. The Labute approximate surface area is 133 Å². The fourth-order valence-corrected chi connectivity index (χ4v) is 3.14. The summed E-state index contributed by atoms with van der Waals surface area (Å²) in [5.74, 6) is 0.768. The lowest BCUT2D eigenvalue weighted by Gasteiger charge is -2.08. The van der Waals surface area contributed by atoms with Crippen LogP contribution in [0.1, 0.15) is 23.7 Å². The topological polar surface area (TPSA) is 76.1 Å². The Balaban J connectivity index is 1.53. The van der Waals surface area contributed by atoms with E-state index in [2.05, 4.69) is 20.0 Å². The second-order valence-electron chi connectivity index (χ2n) is 5.10. The van der Waals surface area contributed by atoms with E-state index in [1.165, 1.54) is 11.5 Å². The molecule has 116 valence electrons. The number of amides is 1. The van der Waals surface area contributed by atoms with E-state index in [1.54, 1.807) is 7.11 Å². The van der Waals surface area contributed by atoms with Crippen molar-refractivity contribution in [1.82, 2.24) is 9.36 Å². The lowest BCUT2D eigenvalue weighted by atomic mass is 9.97. The average Bonchev–Trinajstić information content (AvgIpc) is 3.10. The Bertz CT molecular complexity index is 658. The zero-order valence-electron chi connectivity index (χ0n) is 12.3. The minimum Gasteiger partial charge on any atom is -0.384 e. The van der Waals surface area contributed by atoms with Crippen LogP contribution in [0.25, 0.3) is 0 Å². The molecule has 1 aromatic carbocycles. The van der Waals surface area contributed by atoms with Crippen molar-refractivity contribution in [3.8, 4) is 0 Å². The van der Waals surface area contributed by atoms with Gasteiger partial charge in [0.05, 0.1) is 12.5 Å². The van der Waals surface area contributed by atoms with Crippen molar-refractivity contribution in [3.63, 3.8) is 0 Å². The summed E-state index contributed by atoms with van der Waals surface area (Å²) in [4.78, 5) is 16.4. The third-order valence-corrected chi connectivity index (χ3v) is 4.33. The molecule has 6 nitrogen and oxygen atoms in total. The summed E-state index contributed by atoms with van der Waals surface area (Å²) in [6, 6.07) is 7.84. The number of fused-ring (bicyclic) bond motifs is 1. The molecule has 0 saturated heterocycles. The number of nitrogens with zero attached hydrogens (tertiary/aromatic N) is 2. The summed E-state index contributed by atoms with van der Waals surface area (Å²) < 4.78 is 9.27. The van der Waals surface area contributed by atoms with Crippen molar-refractivity contribution in [2.45, 2.75) is 18.8 Å². The molecular weight excluding hydrogens is 300 g/mol. The van der Waals surface area contributed by atoms with Crippen LogP contribution in [0.4, 0.5) is 10.8 Å². The van der Waals surface area contributed by atoms with E-state index >= 15 is 0 Å². The largest absolute Gasteiger partial charge is 0.384 e. The van der Waals surface area contributed by atoms with Gasteiger partial charge in [0.2, 0.25) is 11.0 Å². The molecule has 3 rings (SSSR count). The highest BCUT2D eigenvalue weighted by atomic mass is 32.1. The molecular formula is C15H18N4O2S. The predicted molar refractivity (Wildman–Crippen MR) is 86.4 cm³/mol. The molecule has 0 radical (unpaired) electrons. The Morgan fingerprint density at radius 3 is 3.14 bits per heavy atom. The quantitative estimate of drug-likeness (QED) is 0.819. The van der Waals surface area contributed by atoms with Gasteiger partial charge in [-0.2, -0.15) is 4.37 Å². The van der Waals surface area contributed by atoms with Crippen LogP contribution in [0.5, 0.6) is 0 Å². The molecule has 0 saturated carbocycles. The first-order valence-corrected chi connectivity index (χ1v) is 8.00. The predicted octanol–water partition coefficient (Wildman–Crippen LogP) is 2.26. The maximum absolute atomic E-state index is 12.0. The molecule has 1 aliphatic rings. The van der Waals surface area contributed by atoms with Gasteiger partial charge in [-0.3, -0.25) is 4.79 Å². The van der Waals surface area contributed by atoms with Crippen LogP contribution in [0.3, 0.4) is 0 Å². The number of carbonyl (C=O) groups is 1. The van der Waals surface area contributed by atoms with E-state index in [0.717, 1.165) is 28.6 Å². The number of anilines is 2. The van der Waals surface area contributed by atoms with E-state index in [4.69, 9.17) is 4.74 Å². The second-order valence-corrected chi connectivity index (χ2v) is 5.85. The van der Waals surface area contributed by atoms with Crippen LogP contribution in [-0.4, -0.2) is 35.5 Å². The van der Waals surface area contributed by atoms with Crippen LogP contribution in [-0.2, 0) is 16.0 Å². The molecule has 2 heterocycles. The highest BCUT2D eigenvalue weighted by Gasteiger charge is 2.29. The van der Waals surface area contributed by atoms with Crippen LogP contribution < -0.4 is 10.6 Å². The van der Waals surface area contributed by atoms with Crippen LogP contribution >= 0.6 is 11.5 Å². The highest BCUT2D eigenvalue weighted by molar-refractivity contribution is 7.09. The summed E-state index contributed by atoms with van der Waals surface area (Å²) in [6.07, 6.45) is 1.45. The number of carbonyl (C=O) groups excluding carboxylic acids is 1. The van der Waals surface area contributed by atoms with E-state index < -0.39 is 0 Å². The minimum absolute atomic E-state index is 0.0704. The summed E-state index contributed by atoms with van der Waals surface area (Å²) in [6.45, 7) is 1.31. The summed E-state index contributed by atoms with van der Waals surface area (Å²) >= 11 is 1.34. The SMILES string of the molecule is COCCc1nsc(NCCC2C(=O)Nc3ccccc32)n1. The number of hydrogen-bond donors (Lipinski definition) is 2. The van der Waals surface area contributed by atoms with Crippen LogP contribution in [0, 0.1) is 0 Å². The molecule has 0 fully saturated rings. The lowest BCUT2D eigenvalue weighted by Crippen LogP contribution is -2.15. The molecule has 1 aromatic heterocycles. The summed E-state index contributed by atoms with van der Waals surface area (Å²) in [5, 5.41) is 6.95. The summed E-state index contributed by atoms with van der Waals surface area (Å²) in [5.41, 5.74) is 2.00. The van der Waals surface area contributed by atoms with Gasteiger partial charge in [0.25, 0.3) is 0 Å². The van der Waals surface area contributed by atoms with Crippen molar-refractivity contribution in [2.75, 3.05) is 30.9 Å². The Kier molecular flexibility index (Phi) is 4.65. The Hall–Kier alpha value is -1.99. The van der Waals surface area contributed by atoms with E-state index in [1.807, 2.05) is 24.3 Å². The first-order valence-electron chi connectivity index (χ1n) is 7.23. The third kappa shape index (κ3) is 3.26. The number of methoxy groups -OCH3 is 1.